The minimum absolute atomic E-state index is 0.00380. The van der Waals surface area contributed by atoms with Gasteiger partial charge >= 0.3 is 0 Å². The van der Waals surface area contributed by atoms with Crippen molar-refractivity contribution < 1.29 is 4.79 Å². The molecule has 0 aliphatic heterocycles. The van der Waals surface area contributed by atoms with Crippen molar-refractivity contribution in [3.63, 3.8) is 0 Å². The minimum Gasteiger partial charge on any atom is -0.344 e. The maximum atomic E-state index is 10.7. The van der Waals surface area contributed by atoms with E-state index in [1.54, 1.807) is 11.3 Å². The number of hydrogen-bond acceptors (Lipinski definition) is 3. The number of carbonyl (C=O) groups is 1. The summed E-state index contributed by atoms with van der Waals surface area (Å²) in [5.74, 6) is 5.57. The number of halogens is 1. The maximum Gasteiger partial charge on any atom is 0.234 e. The van der Waals surface area contributed by atoms with E-state index < -0.39 is 0 Å². The van der Waals surface area contributed by atoms with Crippen molar-refractivity contribution in [3.05, 3.63) is 20.8 Å². The molecule has 0 aliphatic rings. The molecule has 1 rings (SSSR count). The van der Waals surface area contributed by atoms with Crippen molar-refractivity contribution in [3.8, 4) is 11.8 Å². The highest BCUT2D eigenvalue weighted by Gasteiger charge is 1.95. The quantitative estimate of drug-likeness (QED) is 0.788. The van der Waals surface area contributed by atoms with Crippen molar-refractivity contribution in [2.75, 3.05) is 13.1 Å². The summed E-state index contributed by atoms with van der Waals surface area (Å²) in [6.45, 7) is 0.335. The van der Waals surface area contributed by atoms with E-state index in [0.717, 1.165) is 10.0 Å². The molecule has 1 heterocycles. The number of carbonyl (C=O) groups excluding carboxylic acids is 1. The first kappa shape index (κ1) is 11.2. The molecule has 1 aromatic rings. The third kappa shape index (κ3) is 3.50. The molecule has 1 aromatic heterocycles. The van der Waals surface area contributed by atoms with Crippen LogP contribution in [-0.4, -0.2) is 19.0 Å². The predicted octanol–water partition coefficient (Wildman–Crippen LogP) is 0.937. The summed E-state index contributed by atoms with van der Waals surface area (Å²) in [7, 11) is 0. The van der Waals surface area contributed by atoms with Crippen molar-refractivity contribution in [1.82, 2.24) is 5.32 Å². The normalized spacial score (nSPS) is 9.00. The van der Waals surface area contributed by atoms with Gasteiger partial charge in [-0.3, -0.25) is 4.79 Å². The summed E-state index contributed by atoms with van der Waals surface area (Å²) < 4.78 is 0.986. The molecule has 0 saturated heterocycles. The van der Waals surface area contributed by atoms with Crippen molar-refractivity contribution in [2.24, 2.45) is 5.73 Å². The fourth-order valence-corrected chi connectivity index (χ4v) is 2.05. The molecule has 0 unspecified atom stereocenters. The lowest BCUT2D eigenvalue weighted by Gasteiger charge is -1.94. The van der Waals surface area contributed by atoms with E-state index in [1.165, 1.54) is 0 Å². The molecule has 0 fully saturated rings. The Hall–Kier alpha value is -0.830. The second kappa shape index (κ2) is 5.81. The Morgan fingerprint density at radius 1 is 1.64 bits per heavy atom. The third-order valence-electron chi connectivity index (χ3n) is 1.40. The Morgan fingerprint density at radius 2 is 2.43 bits per heavy atom. The molecule has 14 heavy (non-hydrogen) atoms. The van der Waals surface area contributed by atoms with Crippen molar-refractivity contribution in [2.45, 2.75) is 0 Å². The molecule has 0 aromatic carbocycles. The van der Waals surface area contributed by atoms with Crippen molar-refractivity contribution in [1.29, 1.82) is 0 Å². The summed E-state index contributed by atoms with van der Waals surface area (Å²) >= 11 is 4.94. The first-order valence-electron chi connectivity index (χ1n) is 3.91. The van der Waals surface area contributed by atoms with Gasteiger partial charge in [0.2, 0.25) is 5.91 Å². The van der Waals surface area contributed by atoms with E-state index in [4.69, 9.17) is 5.73 Å². The van der Waals surface area contributed by atoms with E-state index in [1.807, 2.05) is 10.8 Å². The fourth-order valence-electron chi connectivity index (χ4n) is 0.725. The zero-order chi connectivity index (χ0) is 10.4. The molecule has 74 valence electrons. The number of nitrogens with two attached hydrogens (primary N) is 1. The molecule has 0 bridgehead atoms. The second-order valence-corrected chi connectivity index (χ2v) is 4.01. The van der Waals surface area contributed by atoms with Gasteiger partial charge in [0.25, 0.3) is 0 Å². The summed E-state index contributed by atoms with van der Waals surface area (Å²) in [6.07, 6.45) is 0. The van der Waals surface area contributed by atoms with Gasteiger partial charge in [-0.25, -0.2) is 0 Å². The zero-order valence-corrected chi connectivity index (χ0v) is 9.74. The molecule has 3 nitrogen and oxygen atoms in total. The molecule has 0 radical (unpaired) electrons. The number of rotatable bonds is 2. The van der Waals surface area contributed by atoms with Crippen LogP contribution in [0.25, 0.3) is 0 Å². The van der Waals surface area contributed by atoms with Crippen LogP contribution in [0.15, 0.2) is 15.2 Å². The van der Waals surface area contributed by atoms with E-state index in [-0.39, 0.29) is 12.5 Å². The molecule has 1 amide bonds. The van der Waals surface area contributed by atoms with Gasteiger partial charge in [0.1, 0.15) is 0 Å². The van der Waals surface area contributed by atoms with Gasteiger partial charge in [-0.2, -0.15) is 0 Å². The monoisotopic (exact) mass is 272 g/mol. The fraction of sp³-hybridized carbons (Fsp3) is 0.222. The number of hydrogen-bond donors (Lipinski definition) is 2. The van der Waals surface area contributed by atoms with Crippen LogP contribution in [0.2, 0.25) is 0 Å². The van der Waals surface area contributed by atoms with Crippen LogP contribution in [0.4, 0.5) is 0 Å². The van der Waals surface area contributed by atoms with Crippen LogP contribution in [-0.2, 0) is 4.79 Å². The summed E-state index contributed by atoms with van der Waals surface area (Å²) in [5.41, 5.74) is 6.05. The first-order chi connectivity index (χ1) is 6.74. The van der Waals surface area contributed by atoms with Gasteiger partial charge in [0.05, 0.1) is 13.1 Å². The molecule has 3 N–H and O–H groups in total. The van der Waals surface area contributed by atoms with Crippen LogP contribution >= 0.6 is 27.3 Å². The standard InChI is InChI=1S/C9H9BrN2OS/c10-8-6-14-5-7(8)2-1-3-12-9(13)4-11/h5-6H,3-4,11H2,(H,12,13). The Labute approximate surface area is 94.8 Å². The van der Waals surface area contributed by atoms with Crippen LogP contribution in [0.3, 0.4) is 0 Å². The van der Waals surface area contributed by atoms with E-state index in [9.17, 15) is 4.79 Å². The average Bonchev–Trinajstić information content (AvgIpc) is 2.58. The van der Waals surface area contributed by atoms with Gasteiger partial charge < -0.3 is 11.1 Å². The number of nitrogens with one attached hydrogen (secondary N) is 1. The Kier molecular flexibility index (Phi) is 4.66. The number of amides is 1. The summed E-state index contributed by atoms with van der Waals surface area (Å²) in [6, 6.07) is 0. The molecule has 0 saturated carbocycles. The molecule has 0 atom stereocenters. The molecule has 5 heteroatoms. The Morgan fingerprint density at radius 3 is 3.00 bits per heavy atom. The highest BCUT2D eigenvalue weighted by Crippen LogP contribution is 2.19. The largest absolute Gasteiger partial charge is 0.344 e. The average molecular weight is 273 g/mol. The zero-order valence-electron chi connectivity index (χ0n) is 7.34. The highest BCUT2D eigenvalue weighted by molar-refractivity contribution is 9.10. The predicted molar refractivity (Wildman–Crippen MR) is 61.0 cm³/mol. The Bertz CT molecular complexity index is 378. The van der Waals surface area contributed by atoms with Crippen LogP contribution in [0, 0.1) is 11.8 Å². The SMILES string of the molecule is NCC(=O)NCC#Cc1cscc1Br. The van der Waals surface area contributed by atoms with Gasteiger partial charge in [0.15, 0.2) is 0 Å². The van der Waals surface area contributed by atoms with Crippen LogP contribution < -0.4 is 11.1 Å². The molecular weight excluding hydrogens is 264 g/mol. The van der Waals surface area contributed by atoms with E-state index >= 15 is 0 Å². The molecule has 0 aliphatic carbocycles. The summed E-state index contributed by atoms with van der Waals surface area (Å²) in [5, 5.41) is 6.47. The smallest absolute Gasteiger partial charge is 0.234 e. The minimum atomic E-state index is -0.191. The van der Waals surface area contributed by atoms with Gasteiger partial charge in [-0.15, -0.1) is 11.3 Å². The lowest BCUT2D eigenvalue weighted by molar-refractivity contribution is -0.119. The second-order valence-electron chi connectivity index (χ2n) is 2.42. The van der Waals surface area contributed by atoms with E-state index in [0.29, 0.717) is 6.54 Å². The third-order valence-corrected chi connectivity index (χ3v) is 3.10. The highest BCUT2D eigenvalue weighted by atomic mass is 79.9. The lowest BCUT2D eigenvalue weighted by Crippen LogP contribution is -2.30. The molecule has 0 spiro atoms. The lowest BCUT2D eigenvalue weighted by atomic mass is 10.3. The maximum absolute atomic E-state index is 10.7. The van der Waals surface area contributed by atoms with Gasteiger partial charge in [0, 0.05) is 20.8 Å². The first-order valence-corrected chi connectivity index (χ1v) is 5.65. The summed E-state index contributed by atoms with van der Waals surface area (Å²) in [4.78, 5) is 10.7. The Balaban J connectivity index is 2.42. The van der Waals surface area contributed by atoms with Crippen LogP contribution in [0.1, 0.15) is 5.56 Å². The van der Waals surface area contributed by atoms with Gasteiger partial charge in [-0.1, -0.05) is 11.8 Å². The van der Waals surface area contributed by atoms with E-state index in [2.05, 4.69) is 33.1 Å². The van der Waals surface area contributed by atoms with Crippen LogP contribution in [0.5, 0.6) is 0 Å². The topological polar surface area (TPSA) is 55.1 Å². The number of thiophene rings is 1. The molecular formula is C9H9BrN2OS. The van der Waals surface area contributed by atoms with Gasteiger partial charge in [-0.05, 0) is 15.9 Å². The van der Waals surface area contributed by atoms with Crippen molar-refractivity contribution >= 4 is 33.2 Å².